The normalized spacial score (nSPS) is 25.6. The number of ether oxygens (including phenoxy) is 2. The van der Waals surface area contributed by atoms with Gasteiger partial charge in [0.1, 0.15) is 0 Å². The molecule has 148 valence electrons. The van der Waals surface area contributed by atoms with E-state index in [1.807, 2.05) is 18.2 Å². The average Bonchev–Trinajstić information content (AvgIpc) is 3.51. The number of hydrogen-bond donors (Lipinski definition) is 0. The lowest BCUT2D eigenvalue weighted by Crippen LogP contribution is -2.42. The number of amides is 1. The average molecular weight is 373 g/mol. The van der Waals surface area contributed by atoms with Crippen LogP contribution in [0.25, 0.3) is 0 Å². The fourth-order valence-electron chi connectivity index (χ4n) is 4.16. The topological polar surface area (TPSA) is 42.0 Å². The van der Waals surface area contributed by atoms with E-state index in [9.17, 15) is 4.79 Å². The summed E-state index contributed by atoms with van der Waals surface area (Å²) in [6.07, 6.45) is 4.82. The van der Waals surface area contributed by atoms with Crippen molar-refractivity contribution in [1.29, 1.82) is 0 Å². The summed E-state index contributed by atoms with van der Waals surface area (Å²) >= 11 is 0. The second kappa shape index (κ2) is 9.18. The molecule has 0 radical (unpaired) electrons. The number of benzene rings is 1. The second-order valence-corrected chi connectivity index (χ2v) is 8.41. The molecule has 1 saturated carbocycles. The fraction of sp³-hybridized carbons (Fsp3) is 0.682. The maximum atomic E-state index is 12.9. The Labute approximate surface area is 162 Å². The van der Waals surface area contributed by atoms with E-state index in [1.165, 1.54) is 18.4 Å². The maximum absolute atomic E-state index is 12.9. The van der Waals surface area contributed by atoms with E-state index in [0.717, 1.165) is 51.6 Å². The van der Waals surface area contributed by atoms with Crippen LogP contribution in [0.4, 0.5) is 0 Å². The van der Waals surface area contributed by atoms with E-state index in [1.54, 1.807) is 0 Å². The van der Waals surface area contributed by atoms with Crippen LogP contribution in [-0.4, -0.2) is 67.7 Å². The Kier molecular flexibility index (Phi) is 6.43. The number of nitrogens with zero attached hydrogens (tertiary/aromatic N) is 2. The van der Waals surface area contributed by atoms with Crippen LogP contribution in [-0.2, 0) is 20.9 Å². The highest BCUT2D eigenvalue weighted by Gasteiger charge is 2.33. The lowest BCUT2D eigenvalue weighted by Gasteiger charge is -2.30. The third-order valence-corrected chi connectivity index (χ3v) is 5.96. The zero-order valence-corrected chi connectivity index (χ0v) is 16.2. The van der Waals surface area contributed by atoms with Crippen molar-refractivity contribution in [3.63, 3.8) is 0 Å². The molecule has 27 heavy (non-hydrogen) atoms. The minimum atomic E-state index is 0.0789. The van der Waals surface area contributed by atoms with E-state index in [4.69, 9.17) is 9.47 Å². The highest BCUT2D eigenvalue weighted by molar-refractivity contribution is 5.78. The van der Waals surface area contributed by atoms with Gasteiger partial charge in [-0.3, -0.25) is 9.69 Å². The predicted molar refractivity (Wildman–Crippen MR) is 104 cm³/mol. The van der Waals surface area contributed by atoms with Crippen LogP contribution in [0.5, 0.6) is 0 Å². The first kappa shape index (κ1) is 18.9. The molecule has 5 heteroatoms. The third-order valence-electron chi connectivity index (χ3n) is 5.96. The van der Waals surface area contributed by atoms with Crippen LogP contribution in [0.3, 0.4) is 0 Å². The summed E-state index contributed by atoms with van der Waals surface area (Å²) < 4.78 is 11.8. The predicted octanol–water partition coefficient (Wildman–Crippen LogP) is 2.55. The molecule has 1 aromatic carbocycles. The maximum Gasteiger partial charge on any atom is 0.236 e. The van der Waals surface area contributed by atoms with E-state index < -0.39 is 0 Å². The minimum Gasteiger partial charge on any atom is -0.381 e. The zero-order chi connectivity index (χ0) is 18.5. The molecule has 1 atom stereocenters. The van der Waals surface area contributed by atoms with Crippen molar-refractivity contribution in [2.75, 3.05) is 45.9 Å². The quantitative estimate of drug-likeness (QED) is 0.738. The van der Waals surface area contributed by atoms with Gasteiger partial charge in [-0.2, -0.15) is 0 Å². The van der Waals surface area contributed by atoms with Gasteiger partial charge >= 0.3 is 0 Å². The van der Waals surface area contributed by atoms with Crippen LogP contribution in [0, 0.1) is 11.8 Å². The third kappa shape index (κ3) is 5.77. The molecule has 2 heterocycles. The van der Waals surface area contributed by atoms with Crippen molar-refractivity contribution in [3.05, 3.63) is 35.9 Å². The van der Waals surface area contributed by atoms with Crippen LogP contribution in [0.2, 0.25) is 0 Å². The van der Waals surface area contributed by atoms with E-state index in [-0.39, 0.29) is 12.0 Å². The van der Waals surface area contributed by atoms with Gasteiger partial charge in [-0.25, -0.2) is 0 Å². The summed E-state index contributed by atoms with van der Waals surface area (Å²) in [5.74, 6) is 1.62. The van der Waals surface area contributed by atoms with Crippen molar-refractivity contribution in [2.45, 2.75) is 38.4 Å². The van der Waals surface area contributed by atoms with Gasteiger partial charge in [-0.15, -0.1) is 0 Å². The van der Waals surface area contributed by atoms with Gasteiger partial charge in [0, 0.05) is 39.4 Å². The Balaban J connectivity index is 1.39. The smallest absolute Gasteiger partial charge is 0.236 e. The van der Waals surface area contributed by atoms with Crippen LogP contribution >= 0.6 is 0 Å². The largest absolute Gasteiger partial charge is 0.381 e. The van der Waals surface area contributed by atoms with Crippen molar-refractivity contribution in [2.24, 2.45) is 11.8 Å². The number of rotatable bonds is 7. The first-order chi connectivity index (χ1) is 13.3. The van der Waals surface area contributed by atoms with Crippen molar-refractivity contribution in [3.8, 4) is 0 Å². The van der Waals surface area contributed by atoms with Gasteiger partial charge in [0.15, 0.2) is 0 Å². The first-order valence-electron chi connectivity index (χ1n) is 10.5. The molecule has 1 aromatic rings. The molecule has 3 fully saturated rings. The Bertz CT molecular complexity index is 599. The molecule has 1 amide bonds. The summed E-state index contributed by atoms with van der Waals surface area (Å²) in [5.41, 5.74) is 1.19. The minimum absolute atomic E-state index is 0.0789. The monoisotopic (exact) mass is 372 g/mol. The number of carbonyl (C=O) groups is 1. The Morgan fingerprint density at radius 3 is 2.44 bits per heavy atom. The molecule has 0 aromatic heterocycles. The molecule has 5 nitrogen and oxygen atoms in total. The van der Waals surface area contributed by atoms with Crippen LogP contribution < -0.4 is 0 Å². The van der Waals surface area contributed by atoms with E-state index in [0.29, 0.717) is 25.6 Å². The fourth-order valence-corrected chi connectivity index (χ4v) is 4.16. The van der Waals surface area contributed by atoms with Crippen LogP contribution in [0.15, 0.2) is 30.3 Å². The standard InChI is InChI=1S/C22H32N2O3/c25-22-16-23(12-18-6-7-18)14-21(27-17-20-4-2-1-3-5-20)15-24(22)13-19-8-10-26-11-9-19/h1-5,18-19,21H,6-17H2. The number of carbonyl (C=O) groups excluding carboxylic acids is 1. The highest BCUT2D eigenvalue weighted by Crippen LogP contribution is 2.30. The highest BCUT2D eigenvalue weighted by atomic mass is 16.5. The molecular formula is C22H32N2O3. The summed E-state index contributed by atoms with van der Waals surface area (Å²) in [5, 5.41) is 0. The lowest BCUT2D eigenvalue weighted by molar-refractivity contribution is -0.133. The van der Waals surface area contributed by atoms with Gasteiger partial charge in [0.2, 0.25) is 5.91 Å². The van der Waals surface area contributed by atoms with Gasteiger partial charge < -0.3 is 14.4 Å². The molecule has 0 bridgehead atoms. The van der Waals surface area contributed by atoms with Gasteiger partial charge in [-0.1, -0.05) is 30.3 Å². The molecule has 2 aliphatic heterocycles. The van der Waals surface area contributed by atoms with E-state index in [2.05, 4.69) is 21.9 Å². The second-order valence-electron chi connectivity index (χ2n) is 8.41. The SMILES string of the molecule is O=C1CN(CC2CC2)CC(OCc2ccccc2)CN1CC1CCOCC1. The molecule has 0 N–H and O–H groups in total. The Hall–Kier alpha value is -1.43. The molecule has 4 rings (SSSR count). The van der Waals surface area contributed by atoms with Gasteiger partial charge in [0.05, 0.1) is 19.3 Å². The van der Waals surface area contributed by atoms with Crippen molar-refractivity contribution < 1.29 is 14.3 Å². The Morgan fingerprint density at radius 1 is 0.963 bits per heavy atom. The molecular weight excluding hydrogens is 340 g/mol. The van der Waals surface area contributed by atoms with Gasteiger partial charge in [-0.05, 0) is 43.1 Å². The van der Waals surface area contributed by atoms with E-state index >= 15 is 0 Å². The van der Waals surface area contributed by atoms with Crippen LogP contribution in [0.1, 0.15) is 31.2 Å². The molecule has 0 spiro atoms. The van der Waals surface area contributed by atoms with Gasteiger partial charge in [0.25, 0.3) is 0 Å². The molecule has 1 unspecified atom stereocenters. The summed E-state index contributed by atoms with van der Waals surface area (Å²) in [6.45, 7) is 6.28. The number of hydrogen-bond acceptors (Lipinski definition) is 4. The molecule has 1 aliphatic carbocycles. The molecule has 2 saturated heterocycles. The lowest BCUT2D eigenvalue weighted by atomic mass is 9.99. The Morgan fingerprint density at radius 2 is 1.70 bits per heavy atom. The van der Waals surface area contributed by atoms with Crippen molar-refractivity contribution >= 4 is 5.91 Å². The summed E-state index contributed by atoms with van der Waals surface area (Å²) in [6, 6.07) is 10.3. The first-order valence-corrected chi connectivity index (χ1v) is 10.5. The zero-order valence-electron chi connectivity index (χ0n) is 16.2. The molecule has 3 aliphatic rings. The summed E-state index contributed by atoms with van der Waals surface area (Å²) in [7, 11) is 0. The summed E-state index contributed by atoms with van der Waals surface area (Å²) in [4.78, 5) is 17.3. The van der Waals surface area contributed by atoms with Crippen molar-refractivity contribution in [1.82, 2.24) is 9.80 Å².